The van der Waals surface area contributed by atoms with Crippen LogP contribution in [0.2, 0.25) is 0 Å². The second-order valence-electron chi connectivity index (χ2n) is 4.62. The largest absolute Gasteiger partial charge is 0.394 e. The highest BCUT2D eigenvalue weighted by Crippen LogP contribution is 2.10. The van der Waals surface area contributed by atoms with Gasteiger partial charge < -0.3 is 15.2 Å². The number of amides is 1. The van der Waals surface area contributed by atoms with Crippen LogP contribution in [0.4, 0.5) is 0 Å². The molecule has 5 nitrogen and oxygen atoms in total. The molecule has 5 heteroatoms. The number of carbonyl (C=O) groups is 1. The van der Waals surface area contributed by atoms with E-state index in [4.69, 9.17) is 9.84 Å². The summed E-state index contributed by atoms with van der Waals surface area (Å²) < 4.78 is 5.43. The molecule has 0 aromatic heterocycles. The van der Waals surface area contributed by atoms with Gasteiger partial charge in [0.25, 0.3) is 0 Å². The van der Waals surface area contributed by atoms with E-state index in [1.54, 1.807) is 0 Å². The van der Waals surface area contributed by atoms with Crippen LogP contribution in [0, 0.1) is 0 Å². The Morgan fingerprint density at radius 3 is 3.00 bits per heavy atom. The monoisotopic (exact) mass is 244 g/mol. The van der Waals surface area contributed by atoms with Gasteiger partial charge in [0.05, 0.1) is 25.9 Å². The quantitative estimate of drug-likeness (QED) is 0.645. The van der Waals surface area contributed by atoms with Gasteiger partial charge in [-0.2, -0.15) is 0 Å². The highest BCUT2D eigenvalue weighted by atomic mass is 16.5. The number of morpholine rings is 1. The summed E-state index contributed by atoms with van der Waals surface area (Å²) in [5.74, 6) is 0.0592. The maximum absolute atomic E-state index is 11.7. The SMILES string of the molecule is CCCCNC(=O)CN1CC(CO)OCC1C. The Hall–Kier alpha value is -0.650. The molecule has 0 bridgehead atoms. The summed E-state index contributed by atoms with van der Waals surface area (Å²) in [7, 11) is 0. The van der Waals surface area contributed by atoms with Crippen molar-refractivity contribution in [2.24, 2.45) is 0 Å². The van der Waals surface area contributed by atoms with Crippen LogP contribution < -0.4 is 5.32 Å². The van der Waals surface area contributed by atoms with E-state index >= 15 is 0 Å². The summed E-state index contributed by atoms with van der Waals surface area (Å²) in [4.78, 5) is 13.7. The van der Waals surface area contributed by atoms with Crippen molar-refractivity contribution in [3.05, 3.63) is 0 Å². The predicted molar refractivity (Wildman–Crippen MR) is 65.8 cm³/mol. The van der Waals surface area contributed by atoms with Gasteiger partial charge in [-0.15, -0.1) is 0 Å². The van der Waals surface area contributed by atoms with Crippen LogP contribution in [-0.2, 0) is 9.53 Å². The van der Waals surface area contributed by atoms with Crippen molar-refractivity contribution >= 4 is 5.91 Å². The van der Waals surface area contributed by atoms with Gasteiger partial charge in [-0.25, -0.2) is 0 Å². The molecule has 1 rings (SSSR count). The van der Waals surface area contributed by atoms with Crippen LogP contribution >= 0.6 is 0 Å². The fourth-order valence-electron chi connectivity index (χ4n) is 1.85. The molecule has 0 aliphatic carbocycles. The summed E-state index contributed by atoms with van der Waals surface area (Å²) in [6, 6.07) is 0.231. The minimum absolute atomic E-state index is 0.0146. The molecule has 2 N–H and O–H groups in total. The second-order valence-corrected chi connectivity index (χ2v) is 4.62. The molecule has 0 aromatic rings. The number of ether oxygens (including phenoxy) is 1. The first-order valence-electron chi connectivity index (χ1n) is 6.40. The van der Waals surface area contributed by atoms with Crippen molar-refractivity contribution in [3.8, 4) is 0 Å². The van der Waals surface area contributed by atoms with Gasteiger partial charge in [0.1, 0.15) is 0 Å². The zero-order valence-electron chi connectivity index (χ0n) is 10.8. The molecule has 1 aliphatic rings. The van der Waals surface area contributed by atoms with Crippen LogP contribution in [0.3, 0.4) is 0 Å². The van der Waals surface area contributed by atoms with Crippen LogP contribution in [0.1, 0.15) is 26.7 Å². The third-order valence-corrected chi connectivity index (χ3v) is 3.04. The normalized spacial score (nSPS) is 25.8. The van der Waals surface area contributed by atoms with Gasteiger partial charge in [-0.1, -0.05) is 13.3 Å². The Morgan fingerprint density at radius 2 is 2.35 bits per heavy atom. The number of aliphatic hydroxyl groups excluding tert-OH is 1. The number of carbonyl (C=O) groups excluding carboxylic acids is 1. The van der Waals surface area contributed by atoms with Gasteiger partial charge >= 0.3 is 0 Å². The molecule has 0 spiro atoms. The number of nitrogens with one attached hydrogen (secondary N) is 1. The molecule has 1 heterocycles. The van der Waals surface area contributed by atoms with E-state index in [1.165, 1.54) is 0 Å². The lowest BCUT2D eigenvalue weighted by atomic mass is 10.2. The lowest BCUT2D eigenvalue weighted by Crippen LogP contribution is -2.52. The first kappa shape index (κ1) is 14.4. The van der Waals surface area contributed by atoms with Crippen LogP contribution in [0.5, 0.6) is 0 Å². The summed E-state index contributed by atoms with van der Waals surface area (Å²) in [5, 5.41) is 12.0. The smallest absolute Gasteiger partial charge is 0.234 e. The van der Waals surface area contributed by atoms with E-state index < -0.39 is 0 Å². The molecule has 1 aliphatic heterocycles. The molecule has 1 amide bonds. The van der Waals surface area contributed by atoms with Crippen molar-refractivity contribution in [1.82, 2.24) is 10.2 Å². The Balaban J connectivity index is 2.30. The van der Waals surface area contributed by atoms with Crippen LogP contribution in [0.25, 0.3) is 0 Å². The zero-order valence-corrected chi connectivity index (χ0v) is 10.8. The number of aliphatic hydroxyl groups is 1. The standard InChI is InChI=1S/C12H24N2O3/c1-3-4-5-13-12(16)7-14-6-11(8-15)17-9-10(14)2/h10-11,15H,3-9H2,1-2H3,(H,13,16). The summed E-state index contributed by atoms with van der Waals surface area (Å²) in [6.45, 7) is 6.49. The fraction of sp³-hybridized carbons (Fsp3) is 0.917. The lowest BCUT2D eigenvalue weighted by molar-refractivity contribution is -0.127. The van der Waals surface area contributed by atoms with E-state index in [0.29, 0.717) is 19.7 Å². The summed E-state index contributed by atoms with van der Waals surface area (Å²) in [6.07, 6.45) is 1.94. The molecule has 1 saturated heterocycles. The molecule has 0 saturated carbocycles. The zero-order chi connectivity index (χ0) is 12.7. The Bertz CT molecular complexity index is 236. The van der Waals surface area contributed by atoms with E-state index in [1.807, 2.05) is 6.92 Å². The molecule has 2 unspecified atom stereocenters. The van der Waals surface area contributed by atoms with E-state index in [0.717, 1.165) is 19.4 Å². The third-order valence-electron chi connectivity index (χ3n) is 3.04. The van der Waals surface area contributed by atoms with Gasteiger partial charge in [0.15, 0.2) is 0 Å². The topological polar surface area (TPSA) is 61.8 Å². The van der Waals surface area contributed by atoms with Crippen molar-refractivity contribution in [2.45, 2.75) is 38.8 Å². The average molecular weight is 244 g/mol. The first-order chi connectivity index (χ1) is 8.17. The van der Waals surface area contributed by atoms with E-state index in [-0.39, 0.29) is 24.7 Å². The van der Waals surface area contributed by atoms with Crippen molar-refractivity contribution in [3.63, 3.8) is 0 Å². The first-order valence-corrected chi connectivity index (χ1v) is 6.40. The number of unbranched alkanes of at least 4 members (excludes halogenated alkanes) is 1. The maximum Gasteiger partial charge on any atom is 0.234 e. The van der Waals surface area contributed by atoms with Gasteiger partial charge in [0, 0.05) is 19.1 Å². The van der Waals surface area contributed by atoms with Crippen molar-refractivity contribution in [1.29, 1.82) is 0 Å². The minimum Gasteiger partial charge on any atom is -0.394 e. The van der Waals surface area contributed by atoms with Gasteiger partial charge in [0.2, 0.25) is 5.91 Å². The highest BCUT2D eigenvalue weighted by Gasteiger charge is 2.26. The van der Waals surface area contributed by atoms with Crippen molar-refractivity contribution in [2.75, 3.05) is 32.8 Å². The number of hydrogen-bond acceptors (Lipinski definition) is 4. The Kier molecular flexibility index (Phi) is 6.47. The Morgan fingerprint density at radius 1 is 1.59 bits per heavy atom. The third kappa shape index (κ3) is 5.02. The maximum atomic E-state index is 11.7. The average Bonchev–Trinajstić information content (AvgIpc) is 2.32. The van der Waals surface area contributed by atoms with Gasteiger partial charge in [-0.3, -0.25) is 9.69 Å². The molecule has 100 valence electrons. The van der Waals surface area contributed by atoms with E-state index in [9.17, 15) is 4.79 Å². The fourth-order valence-corrected chi connectivity index (χ4v) is 1.85. The van der Waals surface area contributed by atoms with Crippen LogP contribution in [0.15, 0.2) is 0 Å². The Labute approximate surface area is 103 Å². The highest BCUT2D eigenvalue weighted by molar-refractivity contribution is 5.78. The number of hydrogen-bond donors (Lipinski definition) is 2. The molecule has 2 atom stereocenters. The minimum atomic E-state index is -0.158. The van der Waals surface area contributed by atoms with Crippen LogP contribution in [-0.4, -0.2) is 60.9 Å². The molecule has 17 heavy (non-hydrogen) atoms. The molecule has 1 fully saturated rings. The number of rotatable bonds is 6. The molecular formula is C12H24N2O3. The predicted octanol–water partition coefficient (Wildman–Crippen LogP) is -0.0157. The van der Waals surface area contributed by atoms with Gasteiger partial charge in [-0.05, 0) is 13.3 Å². The molecular weight excluding hydrogens is 220 g/mol. The second kappa shape index (κ2) is 7.63. The molecule has 0 radical (unpaired) electrons. The van der Waals surface area contributed by atoms with Crippen molar-refractivity contribution < 1.29 is 14.6 Å². The summed E-state index contributed by atoms with van der Waals surface area (Å²) >= 11 is 0. The summed E-state index contributed by atoms with van der Waals surface area (Å²) in [5.41, 5.74) is 0. The lowest BCUT2D eigenvalue weighted by Gasteiger charge is -2.36. The van der Waals surface area contributed by atoms with E-state index in [2.05, 4.69) is 17.1 Å². The number of nitrogens with zero attached hydrogens (tertiary/aromatic N) is 1. The molecule has 0 aromatic carbocycles.